The number of hydrogen-bond acceptors (Lipinski definition) is 6. The van der Waals surface area contributed by atoms with Crippen molar-refractivity contribution in [2.75, 3.05) is 16.4 Å². The van der Waals surface area contributed by atoms with Gasteiger partial charge in [0.15, 0.2) is 0 Å². The van der Waals surface area contributed by atoms with E-state index in [-0.39, 0.29) is 17.6 Å². The molecule has 1 heterocycles. The molecule has 2 N–H and O–H groups in total. The van der Waals surface area contributed by atoms with Crippen LogP contribution in [0.5, 0.6) is 0 Å². The van der Waals surface area contributed by atoms with Crippen LogP contribution >= 0.6 is 23.4 Å². The molecule has 0 spiro atoms. The Balaban J connectivity index is 1.42. The number of benzene rings is 3. The lowest BCUT2D eigenvalue weighted by atomic mass is 10.1. The molecule has 0 aliphatic heterocycles. The molecule has 0 aliphatic carbocycles. The van der Waals surface area contributed by atoms with Gasteiger partial charge in [0.05, 0.1) is 22.7 Å². The summed E-state index contributed by atoms with van der Waals surface area (Å²) in [4.78, 5) is 25.4. The van der Waals surface area contributed by atoms with E-state index in [1.165, 1.54) is 16.4 Å². The second-order valence-electron chi connectivity index (χ2n) is 7.06. The largest absolute Gasteiger partial charge is 0.325 e. The van der Waals surface area contributed by atoms with Gasteiger partial charge in [-0.1, -0.05) is 53.7 Å². The first-order valence-corrected chi connectivity index (χ1v) is 11.3. The molecule has 0 atom stereocenters. The summed E-state index contributed by atoms with van der Waals surface area (Å²) in [5, 5.41) is 18.3. The van der Waals surface area contributed by atoms with Crippen molar-refractivity contribution >= 4 is 46.6 Å². The van der Waals surface area contributed by atoms with E-state index in [1.807, 2.05) is 37.3 Å². The quantitative estimate of drug-likeness (QED) is 0.376. The standard InChI is InChI=1S/C23H19ClN6O2S/c1-15-6-4-8-17(12-15)25-22(32)19-10-2-3-11-20(19)26-21(31)14-33-23-27-28-29-30(23)18-9-5-7-16(24)13-18/h2-13H,14H2,1H3,(H,25,32)(H,26,31). The second-order valence-corrected chi connectivity index (χ2v) is 8.44. The molecule has 1 aromatic heterocycles. The van der Waals surface area contributed by atoms with E-state index in [9.17, 15) is 9.59 Å². The molecule has 0 radical (unpaired) electrons. The monoisotopic (exact) mass is 478 g/mol. The Bertz CT molecular complexity index is 1310. The average molecular weight is 479 g/mol. The van der Waals surface area contributed by atoms with Gasteiger partial charge in [0, 0.05) is 10.7 Å². The van der Waals surface area contributed by atoms with Gasteiger partial charge in [-0.25, -0.2) is 0 Å². The number of amides is 2. The van der Waals surface area contributed by atoms with Crippen molar-refractivity contribution < 1.29 is 9.59 Å². The lowest BCUT2D eigenvalue weighted by Gasteiger charge is -2.12. The highest BCUT2D eigenvalue weighted by Gasteiger charge is 2.16. The molecule has 10 heteroatoms. The summed E-state index contributed by atoms with van der Waals surface area (Å²) in [5.74, 6) is -0.556. The van der Waals surface area contributed by atoms with Crippen LogP contribution in [-0.4, -0.2) is 37.8 Å². The second kappa shape index (κ2) is 10.3. The van der Waals surface area contributed by atoms with Crippen LogP contribution in [0.25, 0.3) is 5.69 Å². The Morgan fingerprint density at radius 1 is 1.00 bits per heavy atom. The molecule has 4 rings (SSSR count). The Morgan fingerprint density at radius 2 is 1.82 bits per heavy atom. The van der Waals surface area contributed by atoms with Crippen LogP contribution in [-0.2, 0) is 4.79 Å². The van der Waals surface area contributed by atoms with Crippen LogP contribution in [0.4, 0.5) is 11.4 Å². The highest BCUT2D eigenvalue weighted by atomic mass is 35.5. The number of anilines is 2. The predicted octanol–water partition coefficient (Wildman–Crippen LogP) is 4.61. The molecule has 0 saturated heterocycles. The van der Waals surface area contributed by atoms with E-state index < -0.39 is 0 Å². The lowest BCUT2D eigenvalue weighted by Crippen LogP contribution is -2.19. The molecule has 3 aromatic carbocycles. The summed E-state index contributed by atoms with van der Waals surface area (Å²) < 4.78 is 1.51. The minimum Gasteiger partial charge on any atom is -0.325 e. The minimum atomic E-state index is -0.311. The molecule has 0 fully saturated rings. The zero-order valence-electron chi connectivity index (χ0n) is 17.5. The van der Waals surface area contributed by atoms with Gasteiger partial charge in [-0.15, -0.1) is 5.10 Å². The molecule has 4 aromatic rings. The zero-order valence-corrected chi connectivity index (χ0v) is 19.1. The van der Waals surface area contributed by atoms with Crippen LogP contribution in [0.1, 0.15) is 15.9 Å². The van der Waals surface area contributed by atoms with Crippen LogP contribution in [0.2, 0.25) is 5.02 Å². The number of aryl methyl sites for hydroxylation is 1. The number of nitrogens with zero attached hydrogens (tertiary/aromatic N) is 4. The van der Waals surface area contributed by atoms with Crippen molar-refractivity contribution in [3.05, 3.63) is 88.9 Å². The van der Waals surface area contributed by atoms with Gasteiger partial charge in [-0.2, -0.15) is 4.68 Å². The van der Waals surface area contributed by atoms with Gasteiger partial charge in [0.25, 0.3) is 5.91 Å². The first-order chi connectivity index (χ1) is 16.0. The van der Waals surface area contributed by atoms with Crippen molar-refractivity contribution in [1.29, 1.82) is 0 Å². The van der Waals surface area contributed by atoms with Crippen LogP contribution < -0.4 is 10.6 Å². The summed E-state index contributed by atoms with van der Waals surface area (Å²) in [5.41, 5.74) is 3.19. The summed E-state index contributed by atoms with van der Waals surface area (Å²) >= 11 is 7.22. The van der Waals surface area contributed by atoms with E-state index in [0.717, 1.165) is 5.56 Å². The molecule has 2 amide bonds. The minimum absolute atomic E-state index is 0.0504. The summed E-state index contributed by atoms with van der Waals surface area (Å²) in [7, 11) is 0. The zero-order chi connectivity index (χ0) is 23.2. The third-order valence-corrected chi connectivity index (χ3v) is 5.70. The van der Waals surface area contributed by atoms with Crippen LogP contribution in [0.15, 0.2) is 78.0 Å². The Hall–Kier alpha value is -3.69. The fourth-order valence-corrected chi connectivity index (χ4v) is 3.94. The Kier molecular flexibility index (Phi) is 7.01. The maximum Gasteiger partial charge on any atom is 0.257 e. The molecule has 8 nitrogen and oxygen atoms in total. The smallest absolute Gasteiger partial charge is 0.257 e. The van der Waals surface area contributed by atoms with E-state index in [0.29, 0.717) is 32.8 Å². The SMILES string of the molecule is Cc1cccc(NC(=O)c2ccccc2NC(=O)CSc2nnnn2-c2cccc(Cl)c2)c1. The Labute approximate surface area is 199 Å². The van der Waals surface area contributed by atoms with Crippen molar-refractivity contribution in [1.82, 2.24) is 20.2 Å². The van der Waals surface area contributed by atoms with Gasteiger partial charge in [-0.05, 0) is 65.4 Å². The molecular weight excluding hydrogens is 460 g/mol. The molecule has 33 heavy (non-hydrogen) atoms. The summed E-state index contributed by atoms with van der Waals surface area (Å²) in [6.45, 7) is 1.95. The van der Waals surface area contributed by atoms with Gasteiger partial charge in [0.2, 0.25) is 11.1 Å². The number of carbonyl (C=O) groups excluding carboxylic acids is 2. The van der Waals surface area contributed by atoms with E-state index in [1.54, 1.807) is 42.5 Å². The van der Waals surface area contributed by atoms with E-state index in [4.69, 9.17) is 11.6 Å². The van der Waals surface area contributed by atoms with Crippen LogP contribution in [0.3, 0.4) is 0 Å². The normalized spacial score (nSPS) is 10.6. The predicted molar refractivity (Wildman–Crippen MR) is 129 cm³/mol. The van der Waals surface area contributed by atoms with Crippen molar-refractivity contribution in [3.8, 4) is 5.69 Å². The fraction of sp³-hybridized carbons (Fsp3) is 0.0870. The number of tetrazole rings is 1. The number of rotatable bonds is 7. The maximum atomic E-state index is 12.8. The van der Waals surface area contributed by atoms with Gasteiger partial charge < -0.3 is 10.6 Å². The van der Waals surface area contributed by atoms with Gasteiger partial charge in [0.1, 0.15) is 0 Å². The molecule has 0 saturated carbocycles. The molecule has 0 unspecified atom stereocenters. The Morgan fingerprint density at radius 3 is 2.64 bits per heavy atom. The molecular formula is C23H19ClN6O2S. The first-order valence-electron chi connectivity index (χ1n) is 9.93. The van der Waals surface area contributed by atoms with Gasteiger partial charge >= 0.3 is 0 Å². The number of nitrogens with one attached hydrogen (secondary N) is 2. The number of thioether (sulfide) groups is 1. The van der Waals surface area contributed by atoms with Crippen molar-refractivity contribution in [3.63, 3.8) is 0 Å². The molecule has 166 valence electrons. The highest BCUT2D eigenvalue weighted by molar-refractivity contribution is 7.99. The number of para-hydroxylation sites is 1. The highest BCUT2D eigenvalue weighted by Crippen LogP contribution is 2.22. The van der Waals surface area contributed by atoms with Crippen molar-refractivity contribution in [2.45, 2.75) is 12.1 Å². The number of hydrogen-bond donors (Lipinski definition) is 2. The fourth-order valence-electron chi connectivity index (χ4n) is 3.07. The number of halogens is 1. The van der Waals surface area contributed by atoms with Crippen LogP contribution in [0, 0.1) is 6.92 Å². The number of aromatic nitrogens is 4. The molecule has 0 aliphatic rings. The average Bonchev–Trinajstić information content (AvgIpc) is 3.27. The maximum absolute atomic E-state index is 12.8. The van der Waals surface area contributed by atoms with E-state index >= 15 is 0 Å². The van der Waals surface area contributed by atoms with Crippen molar-refractivity contribution in [2.24, 2.45) is 0 Å². The van der Waals surface area contributed by atoms with E-state index in [2.05, 4.69) is 26.2 Å². The third-order valence-electron chi connectivity index (χ3n) is 4.55. The number of carbonyl (C=O) groups is 2. The molecule has 0 bridgehead atoms. The van der Waals surface area contributed by atoms with Gasteiger partial charge in [-0.3, -0.25) is 9.59 Å². The first kappa shape index (κ1) is 22.5. The summed E-state index contributed by atoms with van der Waals surface area (Å²) in [6, 6.07) is 21.4. The topological polar surface area (TPSA) is 102 Å². The lowest BCUT2D eigenvalue weighted by molar-refractivity contribution is -0.113. The third kappa shape index (κ3) is 5.76. The summed E-state index contributed by atoms with van der Waals surface area (Å²) in [6.07, 6.45) is 0.